The topological polar surface area (TPSA) is 59.0 Å². The van der Waals surface area contributed by atoms with Gasteiger partial charge in [-0.1, -0.05) is 31.4 Å². The zero-order chi connectivity index (χ0) is 17.9. The molecule has 1 saturated carbocycles. The molecule has 0 aliphatic heterocycles. The largest absolute Gasteiger partial charge is 0.355 e. The molecule has 1 amide bonds. The number of carbonyl (C=O) groups excluding carboxylic acids is 1. The Kier molecular flexibility index (Phi) is 4.61. The van der Waals surface area contributed by atoms with Gasteiger partial charge in [-0.25, -0.2) is 4.98 Å². The highest BCUT2D eigenvalue weighted by molar-refractivity contribution is 5.94. The summed E-state index contributed by atoms with van der Waals surface area (Å²) >= 11 is 0. The van der Waals surface area contributed by atoms with E-state index in [0.717, 1.165) is 17.2 Å². The van der Waals surface area contributed by atoms with Crippen LogP contribution < -0.4 is 10.6 Å². The molecule has 1 aliphatic rings. The van der Waals surface area contributed by atoms with E-state index in [1.54, 1.807) is 7.05 Å². The van der Waals surface area contributed by atoms with Crippen LogP contribution in [0.1, 0.15) is 48.5 Å². The first kappa shape index (κ1) is 16.6. The first-order valence-corrected chi connectivity index (χ1v) is 9.32. The lowest BCUT2D eigenvalue weighted by atomic mass is 9.95. The summed E-state index contributed by atoms with van der Waals surface area (Å²) in [6.45, 7) is 0. The molecule has 2 N–H and O–H groups in total. The summed E-state index contributed by atoms with van der Waals surface area (Å²) in [5, 5.41) is 6.11. The van der Waals surface area contributed by atoms with Crippen LogP contribution in [-0.2, 0) is 0 Å². The number of nitrogens with zero attached hydrogens (tertiary/aromatic N) is 2. The highest BCUT2D eigenvalue weighted by atomic mass is 16.1. The summed E-state index contributed by atoms with van der Waals surface area (Å²) in [6.07, 6.45) is 6.27. The minimum atomic E-state index is -0.0778. The fourth-order valence-corrected chi connectivity index (χ4v) is 3.82. The number of anilines is 2. The van der Waals surface area contributed by atoms with Crippen molar-refractivity contribution in [3.8, 4) is 0 Å². The van der Waals surface area contributed by atoms with Crippen LogP contribution in [0, 0.1) is 0 Å². The average molecular weight is 348 g/mol. The van der Waals surface area contributed by atoms with Crippen molar-refractivity contribution in [2.24, 2.45) is 0 Å². The maximum atomic E-state index is 11.7. The van der Waals surface area contributed by atoms with Gasteiger partial charge in [0.15, 0.2) is 0 Å². The van der Waals surface area contributed by atoms with E-state index >= 15 is 0 Å². The highest BCUT2D eigenvalue weighted by Gasteiger charge is 2.21. The first-order chi connectivity index (χ1) is 12.8. The molecule has 1 heterocycles. The summed E-state index contributed by atoms with van der Waals surface area (Å²) in [5.74, 6) is 0.803. The Balaban J connectivity index is 1.68. The Labute approximate surface area is 153 Å². The van der Waals surface area contributed by atoms with Crippen LogP contribution >= 0.6 is 0 Å². The van der Waals surface area contributed by atoms with E-state index in [4.69, 9.17) is 4.98 Å². The van der Waals surface area contributed by atoms with Gasteiger partial charge in [-0.05, 0) is 49.2 Å². The number of rotatable bonds is 4. The number of fused-ring (bicyclic) bond motifs is 1. The number of aromatic nitrogens is 2. The van der Waals surface area contributed by atoms with Gasteiger partial charge in [0.2, 0.25) is 5.95 Å². The van der Waals surface area contributed by atoms with E-state index < -0.39 is 0 Å². The zero-order valence-corrected chi connectivity index (χ0v) is 15.0. The van der Waals surface area contributed by atoms with E-state index in [0.29, 0.717) is 11.6 Å². The van der Waals surface area contributed by atoms with Crippen molar-refractivity contribution in [3.05, 3.63) is 54.1 Å². The number of hydrogen-bond acceptors (Lipinski definition) is 3. The fourth-order valence-electron chi connectivity index (χ4n) is 3.82. The van der Waals surface area contributed by atoms with Crippen molar-refractivity contribution in [2.75, 3.05) is 12.4 Å². The first-order valence-electron chi connectivity index (χ1n) is 9.32. The van der Waals surface area contributed by atoms with Crippen LogP contribution in [-0.4, -0.2) is 22.5 Å². The zero-order valence-electron chi connectivity index (χ0n) is 15.0. The van der Waals surface area contributed by atoms with Crippen LogP contribution in [0.3, 0.4) is 0 Å². The van der Waals surface area contributed by atoms with E-state index in [-0.39, 0.29) is 5.91 Å². The van der Waals surface area contributed by atoms with Gasteiger partial charge in [-0.2, -0.15) is 0 Å². The third-order valence-electron chi connectivity index (χ3n) is 5.17. The van der Waals surface area contributed by atoms with Gasteiger partial charge in [0.1, 0.15) is 0 Å². The van der Waals surface area contributed by atoms with Crippen molar-refractivity contribution < 1.29 is 4.79 Å². The standard InChI is InChI=1S/C21H24N4O/c1-22-20(26)15-11-13-16(14-12-15)23-21-24-18-9-5-6-10-19(18)25(21)17-7-3-2-4-8-17/h5-6,9-14,17H,2-4,7-8H2,1H3,(H,22,26)(H,23,24). The lowest BCUT2D eigenvalue weighted by molar-refractivity contribution is 0.0963. The molecule has 1 fully saturated rings. The predicted molar refractivity (Wildman–Crippen MR) is 105 cm³/mol. The minimum Gasteiger partial charge on any atom is -0.355 e. The Morgan fingerprint density at radius 3 is 2.50 bits per heavy atom. The molecule has 1 aliphatic carbocycles. The number of imidazole rings is 1. The maximum Gasteiger partial charge on any atom is 0.251 e. The van der Waals surface area contributed by atoms with Crippen LogP contribution in [0.5, 0.6) is 0 Å². The van der Waals surface area contributed by atoms with Crippen molar-refractivity contribution in [2.45, 2.75) is 38.1 Å². The van der Waals surface area contributed by atoms with Crippen molar-refractivity contribution in [1.29, 1.82) is 0 Å². The van der Waals surface area contributed by atoms with E-state index in [2.05, 4.69) is 33.4 Å². The van der Waals surface area contributed by atoms with Crippen molar-refractivity contribution in [1.82, 2.24) is 14.9 Å². The minimum absolute atomic E-state index is 0.0778. The van der Waals surface area contributed by atoms with Crippen LogP contribution in [0.25, 0.3) is 11.0 Å². The fraction of sp³-hybridized carbons (Fsp3) is 0.333. The normalized spacial score (nSPS) is 15.1. The number of hydrogen-bond donors (Lipinski definition) is 2. The molecule has 0 bridgehead atoms. The molecule has 134 valence electrons. The molecule has 4 rings (SSSR count). The van der Waals surface area contributed by atoms with Crippen molar-refractivity contribution in [3.63, 3.8) is 0 Å². The van der Waals surface area contributed by atoms with Gasteiger partial charge in [-0.15, -0.1) is 0 Å². The van der Waals surface area contributed by atoms with Gasteiger partial charge in [0.25, 0.3) is 5.91 Å². The van der Waals surface area contributed by atoms with Gasteiger partial charge < -0.3 is 15.2 Å². The summed E-state index contributed by atoms with van der Waals surface area (Å²) < 4.78 is 2.36. The predicted octanol–water partition coefficient (Wildman–Crippen LogP) is 4.64. The van der Waals surface area contributed by atoms with Crippen LogP contribution in [0.2, 0.25) is 0 Å². The van der Waals surface area contributed by atoms with Gasteiger partial charge in [0.05, 0.1) is 11.0 Å². The molecule has 0 atom stereocenters. The molecule has 3 aromatic rings. The molecule has 1 aromatic heterocycles. The number of benzene rings is 2. The number of carbonyl (C=O) groups is 1. The molecule has 5 nitrogen and oxygen atoms in total. The maximum absolute atomic E-state index is 11.7. The van der Waals surface area contributed by atoms with Crippen LogP contribution in [0.15, 0.2) is 48.5 Å². The summed E-state index contributed by atoms with van der Waals surface area (Å²) in [5.41, 5.74) is 3.79. The molecule has 2 aromatic carbocycles. The molecule has 0 unspecified atom stereocenters. The molecule has 0 radical (unpaired) electrons. The van der Waals surface area contributed by atoms with E-state index in [1.807, 2.05) is 30.3 Å². The molecule has 0 saturated heterocycles. The molecule has 0 spiro atoms. The van der Waals surface area contributed by atoms with Gasteiger partial charge in [-0.3, -0.25) is 4.79 Å². The highest BCUT2D eigenvalue weighted by Crippen LogP contribution is 2.35. The lowest BCUT2D eigenvalue weighted by Crippen LogP contribution is -2.17. The third kappa shape index (κ3) is 3.17. The SMILES string of the molecule is CNC(=O)c1ccc(Nc2nc3ccccc3n2C2CCCCC2)cc1. The Bertz CT molecular complexity index is 907. The van der Waals surface area contributed by atoms with Gasteiger partial charge >= 0.3 is 0 Å². The average Bonchev–Trinajstić information content (AvgIpc) is 3.06. The Morgan fingerprint density at radius 2 is 1.77 bits per heavy atom. The summed E-state index contributed by atoms with van der Waals surface area (Å²) in [6, 6.07) is 16.3. The van der Waals surface area contributed by atoms with E-state index in [1.165, 1.54) is 37.6 Å². The second-order valence-corrected chi connectivity index (χ2v) is 6.87. The lowest BCUT2D eigenvalue weighted by Gasteiger charge is -2.25. The summed E-state index contributed by atoms with van der Waals surface area (Å²) in [7, 11) is 1.64. The monoisotopic (exact) mass is 348 g/mol. The summed E-state index contributed by atoms with van der Waals surface area (Å²) in [4.78, 5) is 16.5. The van der Waals surface area contributed by atoms with Crippen LogP contribution in [0.4, 0.5) is 11.6 Å². The second-order valence-electron chi connectivity index (χ2n) is 6.87. The molecule has 26 heavy (non-hydrogen) atoms. The number of amides is 1. The molecular formula is C21H24N4O. The quantitative estimate of drug-likeness (QED) is 0.722. The second kappa shape index (κ2) is 7.20. The Morgan fingerprint density at radius 1 is 1.04 bits per heavy atom. The smallest absolute Gasteiger partial charge is 0.251 e. The number of nitrogens with one attached hydrogen (secondary N) is 2. The molecular weight excluding hydrogens is 324 g/mol. The Hall–Kier alpha value is -2.82. The molecule has 5 heteroatoms. The van der Waals surface area contributed by atoms with E-state index in [9.17, 15) is 4.79 Å². The van der Waals surface area contributed by atoms with Crippen molar-refractivity contribution >= 4 is 28.6 Å². The third-order valence-corrected chi connectivity index (χ3v) is 5.17. The number of para-hydroxylation sites is 2. The van der Waals surface area contributed by atoms with Gasteiger partial charge in [0, 0.05) is 24.3 Å².